The summed E-state index contributed by atoms with van der Waals surface area (Å²) in [6, 6.07) is -1.66. The van der Waals surface area contributed by atoms with Crippen LogP contribution in [0.1, 0.15) is 47.0 Å². The quantitative estimate of drug-likeness (QED) is 0.581. The van der Waals surface area contributed by atoms with E-state index in [0.717, 1.165) is 0 Å². The highest BCUT2D eigenvalue weighted by atomic mass is 16.5. The van der Waals surface area contributed by atoms with E-state index in [1.54, 1.807) is 17.9 Å². The summed E-state index contributed by atoms with van der Waals surface area (Å²) in [7, 11) is 0. The molecule has 0 radical (unpaired) electrons. The van der Waals surface area contributed by atoms with Crippen LogP contribution >= 0.6 is 0 Å². The van der Waals surface area contributed by atoms with E-state index in [0.29, 0.717) is 25.8 Å². The fourth-order valence-corrected chi connectivity index (χ4v) is 5.68. The molecule has 0 aromatic heterocycles. The third kappa shape index (κ3) is 2.91. The molecule has 2 N–H and O–H groups in total. The van der Waals surface area contributed by atoms with Crippen LogP contribution in [0.2, 0.25) is 0 Å². The van der Waals surface area contributed by atoms with Crippen molar-refractivity contribution in [2.75, 3.05) is 13.2 Å². The highest BCUT2D eigenvalue weighted by Crippen LogP contribution is 2.63. The lowest BCUT2D eigenvalue weighted by molar-refractivity contribution is -0.159. The van der Waals surface area contributed by atoms with Crippen molar-refractivity contribution in [3.05, 3.63) is 12.7 Å². The van der Waals surface area contributed by atoms with Crippen molar-refractivity contribution < 1.29 is 29.3 Å². The third-order valence-corrected chi connectivity index (χ3v) is 7.02. The van der Waals surface area contributed by atoms with Crippen molar-refractivity contribution >= 4 is 17.8 Å². The summed E-state index contributed by atoms with van der Waals surface area (Å²) >= 11 is 0. The van der Waals surface area contributed by atoms with E-state index in [-0.39, 0.29) is 18.6 Å². The fraction of sp³-hybridized carbons (Fsp3) is 0.762. The SMILES string of the molecule is C=CCN(C(=O)C1N([C@@H](CC)CO)C(=O)[C@@H]2[C@@H](C(=O)O)[C@@]3(C)CCC12O3)C(C)C. The van der Waals surface area contributed by atoms with E-state index in [4.69, 9.17) is 4.74 Å². The van der Waals surface area contributed by atoms with Crippen LogP contribution < -0.4 is 0 Å². The summed E-state index contributed by atoms with van der Waals surface area (Å²) < 4.78 is 6.33. The van der Waals surface area contributed by atoms with E-state index >= 15 is 0 Å². The molecule has 3 aliphatic rings. The number of nitrogens with zero attached hydrogens (tertiary/aromatic N) is 2. The Kier molecular flexibility index (Phi) is 5.55. The van der Waals surface area contributed by atoms with Crippen LogP contribution in [0.5, 0.6) is 0 Å². The second-order valence-electron chi connectivity index (χ2n) is 8.93. The number of aliphatic hydroxyl groups is 1. The zero-order valence-corrected chi connectivity index (χ0v) is 17.6. The number of carboxylic acids is 1. The van der Waals surface area contributed by atoms with Crippen LogP contribution in [-0.2, 0) is 19.1 Å². The lowest BCUT2D eigenvalue weighted by atomic mass is 9.66. The molecule has 8 nitrogen and oxygen atoms in total. The molecule has 3 heterocycles. The molecular weight excluding hydrogens is 376 g/mol. The van der Waals surface area contributed by atoms with Gasteiger partial charge < -0.3 is 24.7 Å². The largest absolute Gasteiger partial charge is 0.481 e. The number of hydrogen-bond acceptors (Lipinski definition) is 5. The maximum absolute atomic E-state index is 13.8. The monoisotopic (exact) mass is 408 g/mol. The smallest absolute Gasteiger partial charge is 0.310 e. The number of hydrogen-bond donors (Lipinski definition) is 2. The Morgan fingerprint density at radius 2 is 2.07 bits per heavy atom. The van der Waals surface area contributed by atoms with Crippen molar-refractivity contribution in [3.63, 3.8) is 0 Å². The van der Waals surface area contributed by atoms with E-state index in [9.17, 15) is 24.6 Å². The van der Waals surface area contributed by atoms with Crippen molar-refractivity contribution in [2.24, 2.45) is 11.8 Å². The molecule has 2 amide bonds. The Bertz CT molecular complexity index is 720. The molecule has 0 aromatic rings. The van der Waals surface area contributed by atoms with Crippen LogP contribution in [0.4, 0.5) is 0 Å². The van der Waals surface area contributed by atoms with E-state index in [1.807, 2.05) is 20.8 Å². The minimum Gasteiger partial charge on any atom is -0.481 e. The van der Waals surface area contributed by atoms with Gasteiger partial charge in [0.1, 0.15) is 11.6 Å². The molecule has 3 saturated heterocycles. The number of ether oxygens (including phenoxy) is 1. The number of carboxylic acid groups (broad SMARTS) is 1. The highest BCUT2D eigenvalue weighted by Gasteiger charge is 2.78. The van der Waals surface area contributed by atoms with Crippen molar-refractivity contribution in [1.82, 2.24) is 9.80 Å². The normalized spacial score (nSPS) is 36.4. The van der Waals surface area contributed by atoms with Gasteiger partial charge in [0.25, 0.3) is 0 Å². The average molecular weight is 408 g/mol. The Labute approximate surface area is 171 Å². The average Bonchev–Trinajstić information content (AvgIpc) is 3.21. The standard InChI is InChI=1S/C21H32N2O6/c1-6-10-22(12(3)4)18(26)16-21-9-8-20(5,29-21)15(19(27)28)14(21)17(25)23(16)13(7-2)11-24/h6,12-16,24H,1,7-11H2,2-5H3,(H,27,28)/t13-,14-,15-,16?,20+,21?/m0/s1. The molecule has 1 spiro atoms. The second kappa shape index (κ2) is 7.40. The van der Waals surface area contributed by atoms with Gasteiger partial charge in [0.05, 0.1) is 30.1 Å². The number of aliphatic hydroxyl groups excluding tert-OH is 1. The van der Waals surface area contributed by atoms with Gasteiger partial charge in [-0.1, -0.05) is 13.0 Å². The first-order valence-corrected chi connectivity index (χ1v) is 10.4. The molecule has 2 unspecified atom stereocenters. The summed E-state index contributed by atoms with van der Waals surface area (Å²) in [6.07, 6.45) is 3.00. The van der Waals surface area contributed by atoms with Crippen LogP contribution in [0.15, 0.2) is 12.7 Å². The molecule has 162 valence electrons. The zero-order valence-electron chi connectivity index (χ0n) is 17.6. The Balaban J connectivity index is 2.15. The summed E-state index contributed by atoms with van der Waals surface area (Å²) in [6.45, 7) is 11.1. The lowest BCUT2D eigenvalue weighted by Crippen LogP contribution is -2.59. The van der Waals surface area contributed by atoms with Crippen LogP contribution in [-0.4, -0.2) is 80.3 Å². The predicted octanol–water partition coefficient (Wildman–Crippen LogP) is 1.03. The number of carbonyl (C=O) groups excluding carboxylic acids is 2. The van der Waals surface area contributed by atoms with Gasteiger partial charge in [-0.05, 0) is 40.0 Å². The van der Waals surface area contributed by atoms with Crippen molar-refractivity contribution in [1.29, 1.82) is 0 Å². The maximum atomic E-state index is 13.8. The first-order valence-electron chi connectivity index (χ1n) is 10.4. The molecule has 0 aromatic carbocycles. The molecule has 6 atom stereocenters. The van der Waals surface area contributed by atoms with Gasteiger partial charge in [0, 0.05) is 12.6 Å². The molecule has 0 aliphatic carbocycles. The Morgan fingerprint density at radius 3 is 2.55 bits per heavy atom. The molecule has 3 fully saturated rings. The number of rotatable bonds is 8. The molecule has 8 heteroatoms. The van der Waals surface area contributed by atoms with Gasteiger partial charge in [-0.2, -0.15) is 0 Å². The Hall–Kier alpha value is -1.93. The van der Waals surface area contributed by atoms with E-state index < -0.39 is 47.0 Å². The number of likely N-dealkylation sites (tertiary alicyclic amines) is 1. The number of fused-ring (bicyclic) bond motifs is 1. The number of aliphatic carboxylic acids is 1. The molecule has 3 rings (SSSR count). The first kappa shape index (κ1) is 21.8. The van der Waals surface area contributed by atoms with Gasteiger partial charge in [-0.15, -0.1) is 6.58 Å². The number of carbonyl (C=O) groups is 3. The predicted molar refractivity (Wildman–Crippen MR) is 105 cm³/mol. The minimum atomic E-state index is -1.18. The highest BCUT2D eigenvalue weighted by molar-refractivity contribution is 5.98. The summed E-state index contributed by atoms with van der Waals surface area (Å²) in [5.41, 5.74) is -2.15. The molecule has 2 bridgehead atoms. The molecular formula is C21H32N2O6. The van der Waals surface area contributed by atoms with Crippen LogP contribution in [0.25, 0.3) is 0 Å². The van der Waals surface area contributed by atoms with E-state index in [2.05, 4.69) is 6.58 Å². The molecule has 3 aliphatic heterocycles. The van der Waals surface area contributed by atoms with Crippen molar-refractivity contribution in [2.45, 2.75) is 76.3 Å². The second-order valence-corrected chi connectivity index (χ2v) is 8.93. The summed E-state index contributed by atoms with van der Waals surface area (Å²) in [5, 5.41) is 19.8. The lowest BCUT2D eigenvalue weighted by Gasteiger charge is -2.40. The summed E-state index contributed by atoms with van der Waals surface area (Å²) in [4.78, 5) is 42.4. The van der Waals surface area contributed by atoms with Crippen molar-refractivity contribution in [3.8, 4) is 0 Å². The fourth-order valence-electron chi connectivity index (χ4n) is 5.68. The van der Waals surface area contributed by atoms with Gasteiger partial charge in [-0.25, -0.2) is 0 Å². The molecule has 0 saturated carbocycles. The Morgan fingerprint density at radius 1 is 1.41 bits per heavy atom. The zero-order chi connectivity index (χ0) is 21.7. The third-order valence-electron chi connectivity index (χ3n) is 7.02. The minimum absolute atomic E-state index is 0.133. The first-order chi connectivity index (χ1) is 13.6. The maximum Gasteiger partial charge on any atom is 0.310 e. The van der Waals surface area contributed by atoms with Gasteiger partial charge in [0.15, 0.2) is 0 Å². The number of amides is 2. The topological polar surface area (TPSA) is 107 Å². The summed E-state index contributed by atoms with van der Waals surface area (Å²) in [5.74, 6) is -3.69. The van der Waals surface area contributed by atoms with Gasteiger partial charge in [0.2, 0.25) is 11.8 Å². The van der Waals surface area contributed by atoms with Gasteiger partial charge in [-0.3, -0.25) is 14.4 Å². The van der Waals surface area contributed by atoms with Crippen LogP contribution in [0.3, 0.4) is 0 Å². The molecule has 29 heavy (non-hydrogen) atoms. The van der Waals surface area contributed by atoms with E-state index in [1.165, 1.54) is 4.90 Å². The van der Waals surface area contributed by atoms with Crippen LogP contribution in [0, 0.1) is 11.8 Å². The van der Waals surface area contributed by atoms with Gasteiger partial charge >= 0.3 is 5.97 Å².